The van der Waals surface area contributed by atoms with Crippen molar-refractivity contribution < 1.29 is 27.5 Å². The Morgan fingerprint density at radius 3 is 2.62 bits per heavy atom. The highest BCUT2D eigenvalue weighted by atomic mass is 32.2. The van der Waals surface area contributed by atoms with Crippen LogP contribution in [0.4, 0.5) is 5.69 Å². The van der Waals surface area contributed by atoms with Crippen molar-refractivity contribution in [2.75, 3.05) is 11.8 Å². The number of rotatable bonds is 5. The van der Waals surface area contributed by atoms with Gasteiger partial charge in [0.15, 0.2) is 5.58 Å². The highest BCUT2D eigenvalue weighted by molar-refractivity contribution is 7.92. The van der Waals surface area contributed by atoms with Gasteiger partial charge < -0.3 is 14.3 Å². The maximum absolute atomic E-state index is 12.6. The van der Waals surface area contributed by atoms with E-state index in [1.54, 1.807) is 0 Å². The Bertz CT molecular complexity index is 1180. The lowest BCUT2D eigenvalue weighted by Gasteiger charge is -2.12. The minimum absolute atomic E-state index is 0.0259. The Morgan fingerprint density at radius 1 is 1.23 bits per heavy atom. The predicted molar refractivity (Wildman–Crippen MR) is 92.2 cm³/mol. The summed E-state index contributed by atoms with van der Waals surface area (Å²) >= 11 is 0. The first-order valence-electron chi connectivity index (χ1n) is 7.26. The first-order chi connectivity index (χ1) is 12.2. The van der Waals surface area contributed by atoms with Gasteiger partial charge in [0.05, 0.1) is 28.8 Å². The van der Waals surface area contributed by atoms with E-state index >= 15 is 0 Å². The Kier molecular flexibility index (Phi) is 4.20. The van der Waals surface area contributed by atoms with E-state index in [9.17, 15) is 18.0 Å². The average molecular weight is 378 g/mol. The lowest BCUT2D eigenvalue weighted by atomic mass is 10.2. The van der Waals surface area contributed by atoms with Gasteiger partial charge in [-0.05, 0) is 30.3 Å². The van der Waals surface area contributed by atoms with E-state index in [0.29, 0.717) is 5.52 Å². The third-order valence-electron chi connectivity index (χ3n) is 3.76. The van der Waals surface area contributed by atoms with Gasteiger partial charge in [0, 0.05) is 13.1 Å². The van der Waals surface area contributed by atoms with Crippen LogP contribution in [0.3, 0.4) is 0 Å². The Balaban J connectivity index is 2.05. The third-order valence-corrected chi connectivity index (χ3v) is 5.13. The number of hydrogen-bond donors (Lipinski definition) is 2. The molecule has 0 atom stereocenters. The van der Waals surface area contributed by atoms with Gasteiger partial charge >= 0.3 is 11.7 Å². The topological polar surface area (TPSA) is 128 Å². The molecule has 3 aromatic rings. The van der Waals surface area contributed by atoms with Crippen LogP contribution >= 0.6 is 0 Å². The summed E-state index contributed by atoms with van der Waals surface area (Å²) in [5, 5.41) is 9.07. The molecule has 0 fully saturated rings. The van der Waals surface area contributed by atoms with Crippen LogP contribution in [-0.2, 0) is 17.1 Å². The highest BCUT2D eigenvalue weighted by Gasteiger charge is 2.20. The van der Waals surface area contributed by atoms with E-state index in [4.69, 9.17) is 14.3 Å². The zero-order chi connectivity index (χ0) is 19.1. The molecule has 2 aromatic carbocycles. The molecule has 3 rings (SSSR count). The lowest BCUT2D eigenvalue weighted by molar-refractivity contribution is 0.0697. The molecule has 136 valence electrons. The van der Waals surface area contributed by atoms with Crippen LogP contribution in [0.5, 0.6) is 5.75 Å². The smallest absolute Gasteiger partial charge is 0.419 e. The van der Waals surface area contributed by atoms with Gasteiger partial charge in [0.2, 0.25) is 0 Å². The molecule has 2 N–H and O–H groups in total. The number of aromatic carboxylic acids is 1. The molecule has 0 radical (unpaired) electrons. The summed E-state index contributed by atoms with van der Waals surface area (Å²) in [5.74, 6) is -1.66. The van der Waals surface area contributed by atoms with Crippen LogP contribution in [-0.4, -0.2) is 31.2 Å². The first-order valence-corrected chi connectivity index (χ1v) is 8.75. The van der Waals surface area contributed by atoms with Crippen LogP contribution in [0, 0.1) is 0 Å². The van der Waals surface area contributed by atoms with Crippen LogP contribution < -0.4 is 15.2 Å². The maximum Gasteiger partial charge on any atom is 0.419 e. The van der Waals surface area contributed by atoms with E-state index in [-0.39, 0.29) is 27.5 Å². The molecule has 1 heterocycles. The van der Waals surface area contributed by atoms with Gasteiger partial charge in [-0.15, -0.1) is 0 Å². The summed E-state index contributed by atoms with van der Waals surface area (Å²) in [5.41, 5.74) is 0.432. The molecule has 10 heteroatoms. The van der Waals surface area contributed by atoms with Crippen LogP contribution in [0.15, 0.2) is 50.5 Å². The molecule has 0 bridgehead atoms. The number of ether oxygens (including phenoxy) is 1. The van der Waals surface area contributed by atoms with E-state index < -0.39 is 21.7 Å². The first kappa shape index (κ1) is 17.5. The van der Waals surface area contributed by atoms with Gasteiger partial charge in [-0.1, -0.05) is 0 Å². The number of nitrogens with zero attached hydrogens (tertiary/aromatic N) is 1. The number of nitrogens with one attached hydrogen (secondary N) is 1. The van der Waals surface area contributed by atoms with Crippen LogP contribution in [0.25, 0.3) is 11.1 Å². The van der Waals surface area contributed by atoms with Crippen LogP contribution in [0.2, 0.25) is 0 Å². The number of sulfonamides is 1. The van der Waals surface area contributed by atoms with Gasteiger partial charge in [-0.2, -0.15) is 0 Å². The summed E-state index contributed by atoms with van der Waals surface area (Å²) in [6.07, 6.45) is 0. The predicted octanol–water partition coefficient (Wildman–Crippen LogP) is 1.64. The number of oxazole rings is 1. The Morgan fingerprint density at radius 2 is 1.96 bits per heavy atom. The minimum Gasteiger partial charge on any atom is -0.495 e. The fourth-order valence-electron chi connectivity index (χ4n) is 2.41. The molecule has 0 aliphatic heterocycles. The second-order valence-electron chi connectivity index (χ2n) is 5.38. The van der Waals surface area contributed by atoms with Crippen molar-refractivity contribution in [2.45, 2.75) is 4.90 Å². The number of carbonyl (C=O) groups is 1. The molecular formula is C16H14N2O7S. The number of fused-ring (bicyclic) bond motifs is 1. The van der Waals surface area contributed by atoms with Crippen molar-refractivity contribution in [1.82, 2.24) is 4.57 Å². The van der Waals surface area contributed by atoms with E-state index in [1.165, 1.54) is 49.1 Å². The normalized spacial score (nSPS) is 11.5. The number of carboxylic acid groups (broad SMARTS) is 1. The lowest BCUT2D eigenvalue weighted by Crippen LogP contribution is -2.14. The fourth-order valence-corrected chi connectivity index (χ4v) is 3.48. The molecule has 0 aliphatic rings. The second-order valence-corrected chi connectivity index (χ2v) is 7.06. The van der Waals surface area contributed by atoms with Crippen molar-refractivity contribution in [3.8, 4) is 5.75 Å². The summed E-state index contributed by atoms with van der Waals surface area (Å²) in [7, 11) is -1.24. The SMILES string of the molecule is COc1ccc(C(=O)O)cc1NS(=O)(=O)c1ccc2c(c1)oc(=O)n2C. The molecule has 26 heavy (non-hydrogen) atoms. The number of hydrogen-bond acceptors (Lipinski definition) is 6. The van der Waals surface area contributed by atoms with Gasteiger partial charge in [-0.3, -0.25) is 9.29 Å². The summed E-state index contributed by atoms with van der Waals surface area (Å²) in [6.45, 7) is 0. The summed E-state index contributed by atoms with van der Waals surface area (Å²) < 4.78 is 38.9. The molecule has 1 aromatic heterocycles. The van der Waals surface area contributed by atoms with Crippen molar-refractivity contribution >= 4 is 32.8 Å². The molecule has 0 amide bonds. The molecular weight excluding hydrogens is 364 g/mol. The average Bonchev–Trinajstić information content (AvgIpc) is 2.88. The van der Waals surface area contributed by atoms with Crippen molar-refractivity contribution in [1.29, 1.82) is 0 Å². The third kappa shape index (κ3) is 3.02. The Hall–Kier alpha value is -3.27. The van der Waals surface area contributed by atoms with E-state index in [0.717, 1.165) is 6.07 Å². The van der Waals surface area contributed by atoms with Crippen molar-refractivity contribution in [3.63, 3.8) is 0 Å². The summed E-state index contributed by atoms with van der Waals surface area (Å²) in [6, 6.07) is 7.77. The minimum atomic E-state index is -4.08. The number of benzene rings is 2. The van der Waals surface area contributed by atoms with E-state index in [2.05, 4.69) is 4.72 Å². The number of aromatic nitrogens is 1. The monoisotopic (exact) mass is 378 g/mol. The van der Waals surface area contributed by atoms with Crippen LogP contribution in [0.1, 0.15) is 10.4 Å². The largest absolute Gasteiger partial charge is 0.495 e. The molecule has 0 saturated heterocycles. The van der Waals surface area contributed by atoms with Gasteiger partial charge in [0.25, 0.3) is 10.0 Å². The quantitative estimate of drug-likeness (QED) is 0.691. The molecule has 0 unspecified atom stereocenters. The van der Waals surface area contributed by atoms with Gasteiger partial charge in [-0.25, -0.2) is 18.0 Å². The van der Waals surface area contributed by atoms with Gasteiger partial charge in [0.1, 0.15) is 5.75 Å². The number of anilines is 1. The second kappa shape index (κ2) is 6.23. The molecule has 9 nitrogen and oxygen atoms in total. The zero-order valence-electron chi connectivity index (χ0n) is 13.7. The number of carboxylic acids is 1. The fraction of sp³-hybridized carbons (Fsp3) is 0.125. The molecule has 0 saturated carbocycles. The Labute approximate surface area is 147 Å². The summed E-state index contributed by atoms with van der Waals surface area (Å²) in [4.78, 5) is 22.5. The number of methoxy groups -OCH3 is 1. The molecule has 0 spiro atoms. The highest BCUT2D eigenvalue weighted by Crippen LogP contribution is 2.29. The van der Waals surface area contributed by atoms with Crippen molar-refractivity contribution in [3.05, 3.63) is 52.5 Å². The number of aryl methyl sites for hydroxylation is 1. The van der Waals surface area contributed by atoms with E-state index in [1.807, 2.05) is 0 Å². The molecule has 0 aliphatic carbocycles. The standard InChI is InChI=1S/C16H14N2O7S/c1-18-12-5-4-10(8-14(12)25-16(18)21)26(22,23)17-11-7-9(15(19)20)3-6-13(11)24-2/h3-8,17H,1-2H3,(H,19,20). The van der Waals surface area contributed by atoms with Crippen molar-refractivity contribution in [2.24, 2.45) is 7.05 Å². The zero-order valence-corrected chi connectivity index (χ0v) is 14.5. The maximum atomic E-state index is 12.6.